The molecular weight excluding hydrogens is 431 g/mol. The summed E-state index contributed by atoms with van der Waals surface area (Å²) in [6.07, 6.45) is 4.59. The van der Waals surface area contributed by atoms with E-state index in [0.717, 1.165) is 0 Å². The highest BCUT2D eigenvalue weighted by atomic mass is 19.1. The zero-order valence-electron chi connectivity index (χ0n) is 17.5. The van der Waals surface area contributed by atoms with Crippen LogP contribution in [0.1, 0.15) is 12.1 Å². The van der Waals surface area contributed by atoms with E-state index in [2.05, 4.69) is 20.5 Å². The second-order valence-electron chi connectivity index (χ2n) is 7.81. The molecule has 0 saturated carbocycles. The van der Waals surface area contributed by atoms with E-state index < -0.39 is 12.0 Å². The molecule has 1 N–H and O–H groups in total. The fourth-order valence-electron chi connectivity index (χ4n) is 3.95. The summed E-state index contributed by atoms with van der Waals surface area (Å²) in [5.41, 5.74) is 2.80. The highest BCUT2D eigenvalue weighted by Gasteiger charge is 2.33. The van der Waals surface area contributed by atoms with E-state index in [9.17, 15) is 4.79 Å². The van der Waals surface area contributed by atoms with Gasteiger partial charge < -0.3 is 19.6 Å². The lowest BCUT2D eigenvalue weighted by molar-refractivity contribution is -0.117. The first-order chi connectivity index (χ1) is 16.1. The number of anilines is 1. The van der Waals surface area contributed by atoms with E-state index in [0.29, 0.717) is 54.0 Å². The normalized spacial score (nSPS) is 22.3. The summed E-state index contributed by atoms with van der Waals surface area (Å²) in [6, 6.07) is 8.31. The molecule has 11 heteroatoms. The molecule has 2 aliphatic rings. The first-order valence-electron chi connectivity index (χ1n) is 10.5. The standard InChI is InChI=1S/C22H21FN6O4/c23-19-7-15(29-11-17(32-22(29)13-31)10-28-6-5-25-27-28)2-3-18(19)14-1-4-20(24-9-14)21-8-16(12-30)33-26-21/h1-7,9,13,16-17,22,30H,8,10-12H2. The number of hydrogen-bond donors (Lipinski definition) is 1. The second-order valence-corrected chi connectivity index (χ2v) is 7.81. The molecular formula is C22H21FN6O4. The molecule has 170 valence electrons. The number of halogens is 1. The lowest BCUT2D eigenvalue weighted by Crippen LogP contribution is -2.31. The largest absolute Gasteiger partial charge is 0.392 e. The Morgan fingerprint density at radius 3 is 2.82 bits per heavy atom. The van der Waals surface area contributed by atoms with Crippen molar-refractivity contribution in [3.63, 3.8) is 0 Å². The van der Waals surface area contributed by atoms with Gasteiger partial charge >= 0.3 is 0 Å². The van der Waals surface area contributed by atoms with E-state index in [1.807, 2.05) is 0 Å². The number of ether oxygens (including phenoxy) is 1. The molecule has 10 nitrogen and oxygen atoms in total. The molecule has 0 amide bonds. The zero-order valence-corrected chi connectivity index (χ0v) is 17.5. The van der Waals surface area contributed by atoms with Gasteiger partial charge in [-0.2, -0.15) is 0 Å². The fraction of sp³-hybridized carbons (Fsp3) is 0.318. The van der Waals surface area contributed by atoms with Crippen molar-refractivity contribution in [3.05, 3.63) is 60.4 Å². The Kier molecular flexibility index (Phi) is 5.80. The number of oxime groups is 1. The highest BCUT2D eigenvalue weighted by molar-refractivity contribution is 5.99. The number of aliphatic hydroxyl groups is 1. The molecule has 2 aromatic heterocycles. The number of aromatic nitrogens is 4. The van der Waals surface area contributed by atoms with Gasteiger partial charge in [0.15, 0.2) is 18.6 Å². The van der Waals surface area contributed by atoms with Crippen molar-refractivity contribution in [2.24, 2.45) is 5.16 Å². The molecule has 0 spiro atoms. The molecule has 33 heavy (non-hydrogen) atoms. The summed E-state index contributed by atoms with van der Waals surface area (Å²) >= 11 is 0. The van der Waals surface area contributed by atoms with Crippen LogP contribution in [0.4, 0.5) is 10.1 Å². The monoisotopic (exact) mass is 452 g/mol. The number of rotatable bonds is 7. The van der Waals surface area contributed by atoms with Crippen molar-refractivity contribution >= 4 is 17.7 Å². The topological polar surface area (TPSA) is 115 Å². The maximum Gasteiger partial charge on any atom is 0.187 e. The van der Waals surface area contributed by atoms with Crippen LogP contribution >= 0.6 is 0 Å². The molecule has 0 radical (unpaired) electrons. The number of aliphatic hydroxyl groups excluding tert-OH is 1. The fourth-order valence-corrected chi connectivity index (χ4v) is 3.95. The van der Waals surface area contributed by atoms with E-state index in [1.165, 1.54) is 6.07 Å². The minimum Gasteiger partial charge on any atom is -0.392 e. The molecule has 1 saturated heterocycles. The van der Waals surface area contributed by atoms with Crippen molar-refractivity contribution in [2.75, 3.05) is 18.1 Å². The Labute approximate surface area is 188 Å². The number of carbonyl (C=O) groups is 1. The molecule has 1 aromatic carbocycles. The van der Waals surface area contributed by atoms with Crippen molar-refractivity contribution < 1.29 is 23.9 Å². The Balaban J connectivity index is 1.31. The first kappa shape index (κ1) is 21.2. The molecule has 1 fully saturated rings. The zero-order chi connectivity index (χ0) is 22.8. The third kappa shape index (κ3) is 4.32. The number of carbonyl (C=O) groups excluding carboxylic acids is 1. The van der Waals surface area contributed by atoms with Gasteiger partial charge in [-0.25, -0.2) is 9.07 Å². The van der Waals surface area contributed by atoms with Gasteiger partial charge in [-0.05, 0) is 24.3 Å². The number of aldehydes is 1. The Bertz CT molecular complexity index is 1150. The third-order valence-corrected chi connectivity index (χ3v) is 5.61. The average molecular weight is 452 g/mol. The average Bonchev–Trinajstić information content (AvgIpc) is 3.60. The molecule has 3 aromatic rings. The number of benzene rings is 1. The quantitative estimate of drug-likeness (QED) is 0.535. The predicted octanol–water partition coefficient (Wildman–Crippen LogP) is 1.39. The van der Waals surface area contributed by atoms with Crippen LogP contribution in [0.3, 0.4) is 0 Å². The van der Waals surface area contributed by atoms with Gasteiger partial charge in [0.1, 0.15) is 11.5 Å². The van der Waals surface area contributed by atoms with E-state index in [-0.39, 0.29) is 18.8 Å². The van der Waals surface area contributed by atoms with Crippen LogP contribution in [0.5, 0.6) is 0 Å². The van der Waals surface area contributed by atoms with Crippen LogP contribution in [0.25, 0.3) is 11.1 Å². The molecule has 2 aliphatic heterocycles. The van der Waals surface area contributed by atoms with Gasteiger partial charge in [0, 0.05) is 42.2 Å². The van der Waals surface area contributed by atoms with Crippen LogP contribution in [-0.2, 0) is 20.9 Å². The molecule has 3 unspecified atom stereocenters. The summed E-state index contributed by atoms with van der Waals surface area (Å²) in [5.74, 6) is -0.437. The lowest BCUT2D eigenvalue weighted by Gasteiger charge is -2.21. The molecule has 0 bridgehead atoms. The minimum atomic E-state index is -0.804. The van der Waals surface area contributed by atoms with Crippen LogP contribution in [-0.4, -0.2) is 68.7 Å². The molecule has 0 aliphatic carbocycles. The second kappa shape index (κ2) is 9.04. The Hall–Kier alpha value is -3.70. The smallest absolute Gasteiger partial charge is 0.187 e. The van der Waals surface area contributed by atoms with E-state index in [4.69, 9.17) is 14.7 Å². The van der Waals surface area contributed by atoms with Crippen LogP contribution in [0.15, 0.2) is 54.1 Å². The number of hydrogen-bond acceptors (Lipinski definition) is 9. The van der Waals surface area contributed by atoms with Gasteiger partial charge in [0.25, 0.3) is 0 Å². The van der Waals surface area contributed by atoms with Crippen LogP contribution < -0.4 is 4.90 Å². The summed E-state index contributed by atoms with van der Waals surface area (Å²) in [4.78, 5) is 22.8. The van der Waals surface area contributed by atoms with Crippen molar-refractivity contribution in [1.29, 1.82) is 0 Å². The lowest BCUT2D eigenvalue weighted by atomic mass is 10.0. The number of pyridine rings is 1. The Morgan fingerprint density at radius 2 is 2.15 bits per heavy atom. The van der Waals surface area contributed by atoms with E-state index >= 15 is 4.39 Å². The van der Waals surface area contributed by atoms with Gasteiger partial charge in [0.05, 0.1) is 31.1 Å². The highest BCUT2D eigenvalue weighted by Crippen LogP contribution is 2.30. The predicted molar refractivity (Wildman–Crippen MR) is 115 cm³/mol. The maximum atomic E-state index is 15.0. The van der Waals surface area contributed by atoms with Crippen molar-refractivity contribution in [3.8, 4) is 11.1 Å². The SMILES string of the molecule is O=CC1OC(Cn2ccnn2)CN1c1ccc(-c2ccc(C3=NOC(CO)C3)nc2)c(F)c1. The minimum absolute atomic E-state index is 0.114. The third-order valence-electron chi connectivity index (χ3n) is 5.61. The summed E-state index contributed by atoms with van der Waals surface area (Å²) in [7, 11) is 0. The van der Waals surface area contributed by atoms with Crippen molar-refractivity contribution in [1.82, 2.24) is 20.0 Å². The molecule has 4 heterocycles. The van der Waals surface area contributed by atoms with Crippen LogP contribution in [0.2, 0.25) is 0 Å². The summed E-state index contributed by atoms with van der Waals surface area (Å²) < 4.78 is 22.5. The van der Waals surface area contributed by atoms with E-state index in [1.54, 1.807) is 52.4 Å². The van der Waals surface area contributed by atoms with Gasteiger partial charge in [-0.1, -0.05) is 16.4 Å². The van der Waals surface area contributed by atoms with Gasteiger partial charge in [-0.3, -0.25) is 9.78 Å². The molecule has 5 rings (SSSR count). The summed E-state index contributed by atoms with van der Waals surface area (Å²) in [6.45, 7) is 0.739. The van der Waals surface area contributed by atoms with Crippen molar-refractivity contribution in [2.45, 2.75) is 31.4 Å². The number of nitrogens with zero attached hydrogens (tertiary/aromatic N) is 6. The first-order valence-corrected chi connectivity index (χ1v) is 10.5. The van der Waals surface area contributed by atoms with Crippen LogP contribution in [0, 0.1) is 5.82 Å². The Morgan fingerprint density at radius 1 is 1.24 bits per heavy atom. The molecule has 3 atom stereocenters. The van der Waals surface area contributed by atoms with Gasteiger partial charge in [-0.15, -0.1) is 5.10 Å². The van der Waals surface area contributed by atoms with Gasteiger partial charge in [0.2, 0.25) is 0 Å². The summed E-state index contributed by atoms with van der Waals surface area (Å²) in [5, 5.41) is 20.8. The maximum absolute atomic E-state index is 15.0.